The number of aryl methyl sites for hydroxylation is 1. The first-order chi connectivity index (χ1) is 8.02. The summed E-state index contributed by atoms with van der Waals surface area (Å²) in [6.07, 6.45) is 0.731. The molecule has 0 saturated heterocycles. The van der Waals surface area contributed by atoms with E-state index < -0.39 is 11.6 Å². The van der Waals surface area contributed by atoms with Gasteiger partial charge in [0.15, 0.2) is 6.29 Å². The maximum atomic E-state index is 13.1. The van der Waals surface area contributed by atoms with E-state index in [0.29, 0.717) is 16.9 Å². The molecular formula is C13H11F2NO. The summed E-state index contributed by atoms with van der Waals surface area (Å²) in [7, 11) is 0. The highest BCUT2D eigenvalue weighted by Crippen LogP contribution is 2.21. The SMILES string of the molecule is Cc1cc(C=O)c(C)n1-c1cc(F)cc(F)c1. The standard InChI is InChI=1S/C13H11F2NO/c1-8-3-10(7-17)9(2)16(8)13-5-11(14)4-12(15)6-13/h3-7H,1-2H3. The molecule has 0 aliphatic rings. The largest absolute Gasteiger partial charge is 0.318 e. The average molecular weight is 235 g/mol. The van der Waals surface area contributed by atoms with Gasteiger partial charge in [-0.25, -0.2) is 8.78 Å². The Kier molecular flexibility index (Phi) is 2.79. The second kappa shape index (κ2) is 4.13. The molecule has 2 rings (SSSR count). The van der Waals surface area contributed by atoms with Gasteiger partial charge in [0.25, 0.3) is 0 Å². The minimum absolute atomic E-state index is 0.380. The Labute approximate surface area is 97.5 Å². The number of benzene rings is 1. The minimum Gasteiger partial charge on any atom is -0.318 e. The molecule has 2 aromatic rings. The van der Waals surface area contributed by atoms with Crippen LogP contribution in [-0.4, -0.2) is 10.9 Å². The highest BCUT2D eigenvalue weighted by Gasteiger charge is 2.11. The topological polar surface area (TPSA) is 22.0 Å². The van der Waals surface area contributed by atoms with Crippen molar-refractivity contribution in [2.45, 2.75) is 13.8 Å². The van der Waals surface area contributed by atoms with E-state index >= 15 is 0 Å². The Morgan fingerprint density at radius 3 is 2.12 bits per heavy atom. The Bertz CT molecular complexity index is 567. The minimum atomic E-state index is -0.639. The van der Waals surface area contributed by atoms with Crippen molar-refractivity contribution in [1.29, 1.82) is 0 Å². The smallest absolute Gasteiger partial charge is 0.151 e. The first-order valence-electron chi connectivity index (χ1n) is 5.13. The van der Waals surface area contributed by atoms with Crippen LogP contribution >= 0.6 is 0 Å². The zero-order valence-electron chi connectivity index (χ0n) is 9.50. The van der Waals surface area contributed by atoms with Crippen molar-refractivity contribution in [2.24, 2.45) is 0 Å². The third-order valence-electron chi connectivity index (χ3n) is 2.70. The third kappa shape index (κ3) is 1.98. The van der Waals surface area contributed by atoms with E-state index in [1.807, 2.05) is 0 Å². The average Bonchev–Trinajstić information content (AvgIpc) is 2.52. The molecule has 0 saturated carbocycles. The molecule has 0 fully saturated rings. The summed E-state index contributed by atoms with van der Waals surface area (Å²) in [5, 5.41) is 0. The third-order valence-corrected chi connectivity index (χ3v) is 2.70. The van der Waals surface area contributed by atoms with Crippen molar-refractivity contribution in [3.8, 4) is 5.69 Å². The molecule has 1 heterocycles. The van der Waals surface area contributed by atoms with Crippen LogP contribution in [0.5, 0.6) is 0 Å². The lowest BCUT2D eigenvalue weighted by molar-refractivity contribution is 0.112. The molecule has 0 amide bonds. The first-order valence-corrected chi connectivity index (χ1v) is 5.13. The summed E-state index contributed by atoms with van der Waals surface area (Å²) < 4.78 is 27.9. The molecular weight excluding hydrogens is 224 g/mol. The molecule has 2 nitrogen and oxygen atoms in total. The van der Waals surface area contributed by atoms with Crippen LogP contribution in [0.1, 0.15) is 21.7 Å². The van der Waals surface area contributed by atoms with E-state index in [1.54, 1.807) is 24.5 Å². The molecule has 1 aromatic carbocycles. The highest BCUT2D eigenvalue weighted by atomic mass is 19.1. The van der Waals surface area contributed by atoms with Gasteiger partial charge in [-0.05, 0) is 32.0 Å². The first kappa shape index (κ1) is 11.5. The number of carbonyl (C=O) groups is 1. The molecule has 0 aliphatic carbocycles. The summed E-state index contributed by atoms with van der Waals surface area (Å²) in [5.74, 6) is -1.28. The van der Waals surface area contributed by atoms with Crippen molar-refractivity contribution in [2.75, 3.05) is 0 Å². The van der Waals surface area contributed by atoms with E-state index in [9.17, 15) is 13.6 Å². The number of aromatic nitrogens is 1. The van der Waals surface area contributed by atoms with Gasteiger partial charge in [0.1, 0.15) is 11.6 Å². The highest BCUT2D eigenvalue weighted by molar-refractivity contribution is 5.77. The van der Waals surface area contributed by atoms with Gasteiger partial charge < -0.3 is 4.57 Å². The van der Waals surface area contributed by atoms with Crippen molar-refractivity contribution < 1.29 is 13.6 Å². The van der Waals surface area contributed by atoms with Gasteiger partial charge in [0.05, 0.1) is 5.69 Å². The van der Waals surface area contributed by atoms with Crippen molar-refractivity contribution >= 4 is 6.29 Å². The fourth-order valence-electron chi connectivity index (χ4n) is 1.97. The predicted molar refractivity (Wildman–Crippen MR) is 60.5 cm³/mol. The molecule has 0 unspecified atom stereocenters. The summed E-state index contributed by atoms with van der Waals surface area (Å²) in [5.41, 5.74) is 2.33. The zero-order chi connectivity index (χ0) is 12.6. The lowest BCUT2D eigenvalue weighted by Crippen LogP contribution is -2.01. The normalized spacial score (nSPS) is 10.6. The predicted octanol–water partition coefficient (Wildman–Crippen LogP) is 3.18. The van der Waals surface area contributed by atoms with Crippen LogP contribution in [0.2, 0.25) is 0 Å². The molecule has 0 atom stereocenters. The second-order valence-electron chi connectivity index (χ2n) is 3.91. The fraction of sp³-hybridized carbons (Fsp3) is 0.154. The maximum Gasteiger partial charge on any atom is 0.151 e. The number of hydrogen-bond acceptors (Lipinski definition) is 1. The molecule has 1 aromatic heterocycles. The van der Waals surface area contributed by atoms with Crippen LogP contribution in [0, 0.1) is 25.5 Å². The number of aldehydes is 1. The zero-order valence-corrected chi connectivity index (χ0v) is 9.50. The number of halogens is 2. The molecule has 88 valence electrons. The van der Waals surface area contributed by atoms with Gasteiger partial charge in [-0.15, -0.1) is 0 Å². The Morgan fingerprint density at radius 2 is 1.65 bits per heavy atom. The maximum absolute atomic E-state index is 13.1. The van der Waals surface area contributed by atoms with Crippen LogP contribution in [0.3, 0.4) is 0 Å². The molecule has 0 bridgehead atoms. The van der Waals surface area contributed by atoms with Gasteiger partial charge in [0, 0.05) is 23.0 Å². The van der Waals surface area contributed by atoms with Crippen molar-refractivity contribution in [1.82, 2.24) is 4.57 Å². The molecule has 0 N–H and O–H groups in total. The molecule has 4 heteroatoms. The van der Waals surface area contributed by atoms with Gasteiger partial charge in [-0.1, -0.05) is 0 Å². The lowest BCUT2D eigenvalue weighted by atomic mass is 10.2. The fourth-order valence-corrected chi connectivity index (χ4v) is 1.97. The Balaban J connectivity index is 2.67. The quantitative estimate of drug-likeness (QED) is 0.733. The van der Waals surface area contributed by atoms with E-state index in [1.165, 1.54) is 12.1 Å². The van der Waals surface area contributed by atoms with Gasteiger partial charge >= 0.3 is 0 Å². The molecule has 0 spiro atoms. The molecule has 0 aliphatic heterocycles. The number of nitrogens with zero attached hydrogens (tertiary/aromatic N) is 1. The summed E-state index contributed by atoms with van der Waals surface area (Å²) in [4.78, 5) is 10.8. The van der Waals surface area contributed by atoms with E-state index in [2.05, 4.69) is 0 Å². The van der Waals surface area contributed by atoms with Crippen molar-refractivity contribution in [3.05, 3.63) is 52.9 Å². The monoisotopic (exact) mass is 235 g/mol. The van der Waals surface area contributed by atoms with Crippen LogP contribution in [0.25, 0.3) is 5.69 Å². The van der Waals surface area contributed by atoms with Gasteiger partial charge in [-0.2, -0.15) is 0 Å². The van der Waals surface area contributed by atoms with E-state index in [4.69, 9.17) is 0 Å². The summed E-state index contributed by atoms with van der Waals surface area (Å²) in [6, 6.07) is 4.97. The number of hydrogen-bond donors (Lipinski definition) is 0. The number of rotatable bonds is 2. The van der Waals surface area contributed by atoms with Crippen LogP contribution in [0.4, 0.5) is 8.78 Å². The van der Waals surface area contributed by atoms with Crippen LogP contribution in [-0.2, 0) is 0 Å². The van der Waals surface area contributed by atoms with Crippen molar-refractivity contribution in [3.63, 3.8) is 0 Å². The summed E-state index contributed by atoms with van der Waals surface area (Å²) in [6.45, 7) is 3.52. The van der Waals surface area contributed by atoms with Gasteiger partial charge in [0.2, 0.25) is 0 Å². The van der Waals surface area contributed by atoms with E-state index in [0.717, 1.165) is 18.0 Å². The number of carbonyl (C=O) groups excluding carboxylic acids is 1. The van der Waals surface area contributed by atoms with E-state index in [-0.39, 0.29) is 0 Å². The Hall–Kier alpha value is -1.97. The van der Waals surface area contributed by atoms with Gasteiger partial charge in [-0.3, -0.25) is 4.79 Å². The Morgan fingerprint density at radius 1 is 1.06 bits per heavy atom. The summed E-state index contributed by atoms with van der Waals surface area (Å²) >= 11 is 0. The van der Waals surface area contributed by atoms with Crippen LogP contribution in [0.15, 0.2) is 24.3 Å². The second-order valence-corrected chi connectivity index (χ2v) is 3.91. The molecule has 17 heavy (non-hydrogen) atoms. The van der Waals surface area contributed by atoms with Crippen LogP contribution < -0.4 is 0 Å². The lowest BCUT2D eigenvalue weighted by Gasteiger charge is -2.09. The molecule has 0 radical (unpaired) electrons.